The van der Waals surface area contributed by atoms with E-state index in [4.69, 9.17) is 14.5 Å². The molecule has 2 rings (SSSR count). The Labute approximate surface area is 187 Å². The number of nitrogens with zero attached hydrogens (tertiary/aromatic N) is 3. The van der Waals surface area contributed by atoms with Gasteiger partial charge in [0.25, 0.3) is 0 Å². The smallest absolute Gasteiger partial charge is 0.410 e. The number of halogens is 1. The zero-order valence-corrected chi connectivity index (χ0v) is 20.5. The van der Waals surface area contributed by atoms with Crippen LogP contribution in [0.1, 0.15) is 47.0 Å². The molecule has 8 heteroatoms. The van der Waals surface area contributed by atoms with Crippen LogP contribution >= 0.6 is 24.0 Å². The molecule has 0 radical (unpaired) electrons. The summed E-state index contributed by atoms with van der Waals surface area (Å²) in [6.45, 7) is 13.9. The van der Waals surface area contributed by atoms with Gasteiger partial charge < -0.3 is 24.6 Å². The van der Waals surface area contributed by atoms with Crippen LogP contribution in [-0.2, 0) is 9.47 Å². The zero-order chi connectivity index (χ0) is 19.9. The molecule has 1 amide bonds. The molecule has 2 heterocycles. The number of carbonyl (C=O) groups is 1. The Balaban J connectivity index is 0.00000392. The van der Waals surface area contributed by atoms with Gasteiger partial charge in [-0.1, -0.05) is 0 Å². The summed E-state index contributed by atoms with van der Waals surface area (Å²) in [5, 5.41) is 3.43. The molecule has 2 fully saturated rings. The Hall–Kier alpha value is -0.770. The summed E-state index contributed by atoms with van der Waals surface area (Å²) in [5.74, 6) is 2.14. The first-order valence-electron chi connectivity index (χ1n) is 10.3. The molecule has 0 aromatic carbocycles. The summed E-state index contributed by atoms with van der Waals surface area (Å²) in [6, 6.07) is 0. The molecule has 28 heavy (non-hydrogen) atoms. The molecular formula is C20H39IN4O3. The number of hydrogen-bond donors (Lipinski definition) is 1. The lowest BCUT2D eigenvalue weighted by Crippen LogP contribution is -2.43. The van der Waals surface area contributed by atoms with Crippen LogP contribution in [-0.4, -0.2) is 80.4 Å². The SMILES string of the molecule is CCNC(=NCC1CCN(C(=O)OC(C)(C)C)CC1)N1CCC(COC)C1.I. The van der Waals surface area contributed by atoms with E-state index in [-0.39, 0.29) is 30.1 Å². The van der Waals surface area contributed by atoms with Crippen LogP contribution in [0.25, 0.3) is 0 Å². The standard InChI is InChI=1S/C20H38N4O3.HI/c1-6-21-18(24-12-9-17(14-24)15-26-5)22-13-16-7-10-23(11-8-16)19(25)27-20(2,3)4;/h16-17H,6-15H2,1-5H3,(H,21,22);1H. The molecule has 0 aromatic rings. The summed E-state index contributed by atoms with van der Waals surface area (Å²) >= 11 is 0. The number of nitrogens with one attached hydrogen (secondary N) is 1. The molecule has 2 aliphatic rings. The van der Waals surface area contributed by atoms with E-state index in [9.17, 15) is 4.79 Å². The van der Waals surface area contributed by atoms with Gasteiger partial charge in [0.2, 0.25) is 0 Å². The minimum Gasteiger partial charge on any atom is -0.444 e. The lowest BCUT2D eigenvalue weighted by molar-refractivity contribution is 0.0187. The molecule has 1 unspecified atom stereocenters. The number of likely N-dealkylation sites (tertiary alicyclic amines) is 2. The number of piperidine rings is 1. The first-order chi connectivity index (χ1) is 12.8. The van der Waals surface area contributed by atoms with E-state index in [0.717, 1.165) is 71.1 Å². The van der Waals surface area contributed by atoms with Crippen molar-refractivity contribution in [2.45, 2.75) is 52.6 Å². The van der Waals surface area contributed by atoms with Crippen molar-refractivity contribution in [3.63, 3.8) is 0 Å². The molecule has 0 bridgehead atoms. The maximum Gasteiger partial charge on any atom is 0.410 e. The molecule has 7 nitrogen and oxygen atoms in total. The van der Waals surface area contributed by atoms with Gasteiger partial charge in [0, 0.05) is 52.3 Å². The quantitative estimate of drug-likeness (QED) is 0.350. The van der Waals surface area contributed by atoms with Crippen molar-refractivity contribution in [3.05, 3.63) is 0 Å². The average molecular weight is 510 g/mol. The van der Waals surface area contributed by atoms with Crippen molar-refractivity contribution in [1.29, 1.82) is 0 Å². The van der Waals surface area contributed by atoms with Crippen molar-refractivity contribution >= 4 is 36.0 Å². The van der Waals surface area contributed by atoms with Crippen LogP contribution < -0.4 is 5.32 Å². The Bertz CT molecular complexity index is 502. The topological polar surface area (TPSA) is 66.4 Å². The maximum absolute atomic E-state index is 12.2. The Kier molecular flexibility index (Phi) is 10.9. The molecule has 0 aromatic heterocycles. The number of rotatable bonds is 5. The van der Waals surface area contributed by atoms with Crippen molar-refractivity contribution in [3.8, 4) is 0 Å². The van der Waals surface area contributed by atoms with Crippen molar-refractivity contribution in [2.75, 3.05) is 53.0 Å². The van der Waals surface area contributed by atoms with Gasteiger partial charge in [0.1, 0.15) is 5.60 Å². The van der Waals surface area contributed by atoms with E-state index >= 15 is 0 Å². The van der Waals surface area contributed by atoms with Gasteiger partial charge in [-0.2, -0.15) is 0 Å². The van der Waals surface area contributed by atoms with Crippen LogP contribution in [0.4, 0.5) is 4.79 Å². The zero-order valence-electron chi connectivity index (χ0n) is 18.2. The third-order valence-corrected chi connectivity index (χ3v) is 5.09. The first-order valence-corrected chi connectivity index (χ1v) is 10.3. The van der Waals surface area contributed by atoms with Gasteiger partial charge in [-0.15, -0.1) is 24.0 Å². The van der Waals surface area contributed by atoms with Gasteiger partial charge in [0.05, 0.1) is 6.61 Å². The van der Waals surface area contributed by atoms with Gasteiger partial charge in [-0.25, -0.2) is 4.79 Å². The van der Waals surface area contributed by atoms with Crippen LogP contribution in [0.3, 0.4) is 0 Å². The van der Waals surface area contributed by atoms with Crippen molar-refractivity contribution < 1.29 is 14.3 Å². The summed E-state index contributed by atoms with van der Waals surface area (Å²) in [6.07, 6.45) is 2.93. The molecule has 0 aliphatic carbocycles. The second-order valence-electron chi connectivity index (χ2n) is 8.66. The molecule has 0 saturated carbocycles. The minimum absolute atomic E-state index is 0. The predicted octanol–water partition coefficient (Wildman–Crippen LogP) is 3.19. The first kappa shape index (κ1) is 25.3. The van der Waals surface area contributed by atoms with Crippen LogP contribution in [0, 0.1) is 11.8 Å². The third-order valence-electron chi connectivity index (χ3n) is 5.09. The van der Waals surface area contributed by atoms with Crippen molar-refractivity contribution in [2.24, 2.45) is 16.8 Å². The molecule has 164 valence electrons. The van der Waals surface area contributed by atoms with E-state index in [2.05, 4.69) is 17.1 Å². The Morgan fingerprint density at radius 2 is 1.71 bits per heavy atom. The fraction of sp³-hybridized carbons (Fsp3) is 0.900. The summed E-state index contributed by atoms with van der Waals surface area (Å²) in [4.78, 5) is 21.3. The van der Waals surface area contributed by atoms with Gasteiger partial charge in [0.15, 0.2) is 5.96 Å². The van der Waals surface area contributed by atoms with E-state index in [1.807, 2.05) is 25.7 Å². The maximum atomic E-state index is 12.2. The van der Waals surface area contributed by atoms with E-state index in [1.165, 1.54) is 0 Å². The summed E-state index contributed by atoms with van der Waals surface area (Å²) in [7, 11) is 1.77. The van der Waals surface area contributed by atoms with Crippen molar-refractivity contribution in [1.82, 2.24) is 15.1 Å². The largest absolute Gasteiger partial charge is 0.444 e. The lowest BCUT2D eigenvalue weighted by atomic mass is 9.97. The Morgan fingerprint density at radius 3 is 2.29 bits per heavy atom. The Morgan fingerprint density at radius 1 is 1.11 bits per heavy atom. The third kappa shape index (κ3) is 8.31. The van der Waals surface area contributed by atoms with Crippen LogP contribution in [0.15, 0.2) is 4.99 Å². The summed E-state index contributed by atoms with van der Waals surface area (Å²) < 4.78 is 10.8. The van der Waals surface area contributed by atoms with Gasteiger partial charge in [-0.05, 0) is 52.9 Å². The average Bonchev–Trinajstić information content (AvgIpc) is 3.06. The second kappa shape index (κ2) is 12.0. The van der Waals surface area contributed by atoms with E-state index in [1.54, 1.807) is 7.11 Å². The molecule has 2 aliphatic heterocycles. The van der Waals surface area contributed by atoms with Crippen LogP contribution in [0.5, 0.6) is 0 Å². The lowest BCUT2D eigenvalue weighted by Gasteiger charge is -2.33. The number of ether oxygens (including phenoxy) is 2. The number of hydrogen-bond acceptors (Lipinski definition) is 4. The minimum atomic E-state index is -0.435. The number of carbonyl (C=O) groups excluding carboxylic acids is 1. The molecule has 2 saturated heterocycles. The highest BCUT2D eigenvalue weighted by Gasteiger charge is 2.28. The molecule has 1 atom stereocenters. The van der Waals surface area contributed by atoms with Gasteiger partial charge >= 0.3 is 6.09 Å². The fourth-order valence-corrected chi connectivity index (χ4v) is 3.66. The molecule has 1 N–H and O–H groups in total. The fourth-order valence-electron chi connectivity index (χ4n) is 3.66. The number of amides is 1. The normalized spacial score (nSPS) is 21.5. The van der Waals surface area contributed by atoms with Gasteiger partial charge in [-0.3, -0.25) is 4.99 Å². The summed E-state index contributed by atoms with van der Waals surface area (Å²) in [5.41, 5.74) is -0.435. The van der Waals surface area contributed by atoms with E-state index in [0.29, 0.717) is 11.8 Å². The molecular weight excluding hydrogens is 471 g/mol. The molecule has 0 spiro atoms. The predicted molar refractivity (Wildman–Crippen MR) is 123 cm³/mol. The monoisotopic (exact) mass is 510 g/mol. The number of aliphatic imine (C=N–C) groups is 1. The van der Waals surface area contributed by atoms with E-state index < -0.39 is 5.60 Å². The number of methoxy groups -OCH3 is 1. The number of guanidine groups is 1. The highest BCUT2D eigenvalue weighted by Crippen LogP contribution is 2.21. The second-order valence-corrected chi connectivity index (χ2v) is 8.66. The highest BCUT2D eigenvalue weighted by atomic mass is 127. The highest BCUT2D eigenvalue weighted by molar-refractivity contribution is 14.0. The van der Waals surface area contributed by atoms with Crippen LogP contribution in [0.2, 0.25) is 0 Å².